The van der Waals surface area contributed by atoms with Crippen molar-refractivity contribution in [2.45, 2.75) is 31.4 Å². The van der Waals surface area contributed by atoms with Crippen LogP contribution in [0.15, 0.2) is 52.4 Å². The number of methoxy groups -OCH3 is 1. The predicted molar refractivity (Wildman–Crippen MR) is 117 cm³/mol. The summed E-state index contributed by atoms with van der Waals surface area (Å²) in [5.41, 5.74) is 0.935. The first-order chi connectivity index (χ1) is 14.6. The summed E-state index contributed by atoms with van der Waals surface area (Å²) >= 11 is 1.12. The molecule has 0 N–H and O–H groups in total. The lowest BCUT2D eigenvalue weighted by Crippen LogP contribution is -2.22. The summed E-state index contributed by atoms with van der Waals surface area (Å²) in [5, 5.41) is 0. The van der Waals surface area contributed by atoms with E-state index in [4.69, 9.17) is 9.47 Å². The van der Waals surface area contributed by atoms with Crippen molar-refractivity contribution < 1.29 is 27.5 Å². The molecule has 1 amide bonds. The molecule has 0 bridgehead atoms. The highest BCUT2D eigenvalue weighted by Gasteiger charge is 2.15. The van der Waals surface area contributed by atoms with Crippen LogP contribution in [0, 0.1) is 0 Å². The highest BCUT2D eigenvalue weighted by molar-refractivity contribution is 7.90. The number of ether oxygens (including phenoxy) is 2. The summed E-state index contributed by atoms with van der Waals surface area (Å²) in [4.78, 5) is 29.2. The molecule has 1 aromatic heterocycles. The fraction of sp³-hybridized carbons (Fsp3) is 0.286. The van der Waals surface area contributed by atoms with Gasteiger partial charge in [-0.25, -0.2) is 8.42 Å². The van der Waals surface area contributed by atoms with E-state index in [0.29, 0.717) is 21.5 Å². The first-order valence-electron chi connectivity index (χ1n) is 9.34. The van der Waals surface area contributed by atoms with E-state index in [1.54, 1.807) is 30.3 Å². The number of nitrogens with zero attached hydrogens (tertiary/aromatic N) is 2. The molecular weight excluding hydrogens is 440 g/mol. The van der Waals surface area contributed by atoms with E-state index in [-0.39, 0.29) is 22.3 Å². The van der Waals surface area contributed by atoms with Gasteiger partial charge in [-0.1, -0.05) is 11.3 Å². The van der Waals surface area contributed by atoms with Crippen molar-refractivity contribution >= 4 is 43.3 Å². The Morgan fingerprint density at radius 1 is 1.13 bits per heavy atom. The van der Waals surface area contributed by atoms with Gasteiger partial charge in [0.15, 0.2) is 14.6 Å². The number of thiazole rings is 1. The maximum atomic E-state index is 12.7. The van der Waals surface area contributed by atoms with Gasteiger partial charge in [0.25, 0.3) is 5.91 Å². The SMILES string of the molecule is COC(=O)Cn1c(=NC(=O)c2ccc(OC(C)C)cc2)sc2cc(S(C)(=O)=O)ccc21. The van der Waals surface area contributed by atoms with Gasteiger partial charge in [-0.05, 0) is 56.3 Å². The van der Waals surface area contributed by atoms with E-state index >= 15 is 0 Å². The Morgan fingerprint density at radius 2 is 1.81 bits per heavy atom. The minimum Gasteiger partial charge on any atom is -0.491 e. The van der Waals surface area contributed by atoms with Gasteiger partial charge < -0.3 is 14.0 Å². The average molecular weight is 463 g/mol. The van der Waals surface area contributed by atoms with Gasteiger partial charge in [0.1, 0.15) is 12.3 Å². The third kappa shape index (κ3) is 5.39. The van der Waals surface area contributed by atoms with Crippen molar-refractivity contribution in [3.05, 3.63) is 52.8 Å². The van der Waals surface area contributed by atoms with Gasteiger partial charge in [-0.3, -0.25) is 9.59 Å². The lowest BCUT2D eigenvalue weighted by Gasteiger charge is -2.09. The zero-order valence-corrected chi connectivity index (χ0v) is 19.1. The molecule has 3 rings (SSSR count). The fourth-order valence-corrected chi connectivity index (χ4v) is 4.60. The number of hydrogen-bond acceptors (Lipinski definition) is 7. The molecule has 0 saturated carbocycles. The molecule has 1 heterocycles. The Bertz CT molecular complexity index is 1300. The molecule has 0 aliphatic heterocycles. The third-order valence-electron chi connectivity index (χ3n) is 4.27. The van der Waals surface area contributed by atoms with E-state index in [9.17, 15) is 18.0 Å². The molecule has 0 aliphatic rings. The van der Waals surface area contributed by atoms with Crippen LogP contribution in [0.2, 0.25) is 0 Å². The standard InChI is InChI=1S/C21H22N2O6S2/c1-13(2)29-15-7-5-14(6-8-15)20(25)22-21-23(12-19(24)28-3)17-10-9-16(31(4,26)27)11-18(17)30-21/h5-11,13H,12H2,1-4H3. The van der Waals surface area contributed by atoms with Crippen molar-refractivity contribution in [2.24, 2.45) is 4.99 Å². The lowest BCUT2D eigenvalue weighted by atomic mass is 10.2. The number of fused-ring (bicyclic) bond motifs is 1. The second-order valence-corrected chi connectivity index (χ2v) is 10.1. The van der Waals surface area contributed by atoms with Crippen LogP contribution >= 0.6 is 11.3 Å². The van der Waals surface area contributed by atoms with Crippen LogP contribution in [0.3, 0.4) is 0 Å². The first-order valence-corrected chi connectivity index (χ1v) is 12.1. The summed E-state index contributed by atoms with van der Waals surface area (Å²) in [6.07, 6.45) is 1.13. The van der Waals surface area contributed by atoms with Gasteiger partial charge in [0.2, 0.25) is 0 Å². The van der Waals surface area contributed by atoms with Crippen molar-refractivity contribution in [2.75, 3.05) is 13.4 Å². The lowest BCUT2D eigenvalue weighted by molar-refractivity contribution is -0.141. The second-order valence-electron chi connectivity index (χ2n) is 7.06. The molecule has 8 nitrogen and oxygen atoms in total. The molecule has 10 heteroatoms. The van der Waals surface area contributed by atoms with Crippen molar-refractivity contribution in [1.82, 2.24) is 4.57 Å². The molecule has 0 fully saturated rings. The fourth-order valence-electron chi connectivity index (χ4n) is 2.82. The molecule has 2 aromatic carbocycles. The average Bonchev–Trinajstić information content (AvgIpc) is 3.03. The van der Waals surface area contributed by atoms with E-state index in [2.05, 4.69) is 4.99 Å². The van der Waals surface area contributed by atoms with Gasteiger partial charge >= 0.3 is 5.97 Å². The number of aromatic nitrogens is 1. The smallest absolute Gasteiger partial charge is 0.325 e. The molecule has 0 aliphatic carbocycles. The molecule has 0 saturated heterocycles. The van der Waals surface area contributed by atoms with E-state index in [1.807, 2.05) is 13.8 Å². The zero-order valence-electron chi connectivity index (χ0n) is 17.5. The van der Waals surface area contributed by atoms with Gasteiger partial charge in [0, 0.05) is 11.8 Å². The highest BCUT2D eigenvalue weighted by Crippen LogP contribution is 2.22. The number of benzene rings is 2. The number of hydrogen-bond donors (Lipinski definition) is 0. The van der Waals surface area contributed by atoms with E-state index in [1.165, 1.54) is 23.8 Å². The quantitative estimate of drug-likeness (QED) is 0.522. The van der Waals surface area contributed by atoms with Gasteiger partial charge in [-0.15, -0.1) is 0 Å². The van der Waals surface area contributed by atoms with Crippen LogP contribution in [-0.2, 0) is 25.9 Å². The summed E-state index contributed by atoms with van der Waals surface area (Å²) in [6, 6.07) is 11.2. The molecule has 31 heavy (non-hydrogen) atoms. The molecule has 0 spiro atoms. The van der Waals surface area contributed by atoms with Crippen LogP contribution in [-0.4, -0.2) is 44.3 Å². The Balaban J connectivity index is 2.07. The maximum absolute atomic E-state index is 12.7. The van der Waals surface area contributed by atoms with E-state index in [0.717, 1.165) is 17.6 Å². The maximum Gasteiger partial charge on any atom is 0.325 e. The largest absolute Gasteiger partial charge is 0.491 e. The predicted octanol–water partition coefficient (Wildman–Crippen LogP) is 2.81. The third-order valence-corrected chi connectivity index (χ3v) is 6.42. The Hall–Kier alpha value is -2.98. The van der Waals surface area contributed by atoms with Gasteiger partial charge in [0.05, 0.1) is 28.3 Å². The Morgan fingerprint density at radius 3 is 2.39 bits per heavy atom. The number of rotatable bonds is 6. The number of esters is 1. The number of carbonyl (C=O) groups excluding carboxylic acids is 2. The summed E-state index contributed by atoms with van der Waals surface area (Å²) < 4.78 is 36.2. The minimum atomic E-state index is -3.41. The van der Waals surface area contributed by atoms with Crippen molar-refractivity contribution in [3.8, 4) is 5.75 Å². The number of amides is 1. The Kier molecular flexibility index (Phi) is 6.61. The molecular formula is C21H22N2O6S2. The first kappa shape index (κ1) is 22.7. The van der Waals surface area contributed by atoms with Crippen LogP contribution in [0.4, 0.5) is 0 Å². The summed E-state index contributed by atoms with van der Waals surface area (Å²) in [6.45, 7) is 3.65. The minimum absolute atomic E-state index is 0.0129. The normalized spacial score (nSPS) is 12.4. The molecule has 0 radical (unpaired) electrons. The van der Waals surface area contributed by atoms with Crippen LogP contribution in [0.25, 0.3) is 10.2 Å². The number of sulfone groups is 1. The van der Waals surface area contributed by atoms with Crippen LogP contribution in [0.1, 0.15) is 24.2 Å². The summed E-state index contributed by atoms with van der Waals surface area (Å²) in [5.74, 6) is -0.372. The summed E-state index contributed by atoms with van der Waals surface area (Å²) in [7, 11) is -2.14. The Labute approximate surface area is 183 Å². The van der Waals surface area contributed by atoms with Gasteiger partial charge in [-0.2, -0.15) is 4.99 Å². The second kappa shape index (κ2) is 9.03. The molecule has 164 valence electrons. The highest BCUT2D eigenvalue weighted by atomic mass is 32.2. The molecule has 0 atom stereocenters. The van der Waals surface area contributed by atoms with Crippen LogP contribution < -0.4 is 9.54 Å². The monoisotopic (exact) mass is 462 g/mol. The van der Waals surface area contributed by atoms with Crippen LogP contribution in [0.5, 0.6) is 5.75 Å². The van der Waals surface area contributed by atoms with E-state index < -0.39 is 21.7 Å². The zero-order chi connectivity index (χ0) is 22.8. The topological polar surface area (TPSA) is 104 Å². The number of carbonyl (C=O) groups is 2. The molecule has 0 unspecified atom stereocenters. The molecule has 3 aromatic rings. The van der Waals surface area contributed by atoms with Crippen molar-refractivity contribution in [3.63, 3.8) is 0 Å². The van der Waals surface area contributed by atoms with Crippen molar-refractivity contribution in [1.29, 1.82) is 0 Å².